The van der Waals surface area contributed by atoms with Crippen LogP contribution in [0.25, 0.3) is 0 Å². The van der Waals surface area contributed by atoms with Gasteiger partial charge in [-0.15, -0.1) is 11.3 Å². The quantitative estimate of drug-likeness (QED) is 0.904. The molecule has 0 bridgehead atoms. The van der Waals surface area contributed by atoms with Crippen LogP contribution >= 0.6 is 11.3 Å². The number of hydrogen-bond donors (Lipinski definition) is 1. The Balaban J connectivity index is 1.83. The third-order valence-electron chi connectivity index (χ3n) is 2.25. The van der Waals surface area contributed by atoms with E-state index in [0.29, 0.717) is 12.1 Å². The van der Waals surface area contributed by atoms with Gasteiger partial charge in [0.15, 0.2) is 0 Å². The summed E-state index contributed by atoms with van der Waals surface area (Å²) in [4.78, 5) is 16.7. The monoisotopic (exact) mass is 250 g/mol. The van der Waals surface area contributed by atoms with Gasteiger partial charge >= 0.3 is 0 Å². The third kappa shape index (κ3) is 3.35. The fraction of sp³-hybridized carbons (Fsp3) is 0.167. The van der Waals surface area contributed by atoms with E-state index in [4.69, 9.17) is 0 Å². The van der Waals surface area contributed by atoms with Crippen LogP contribution in [0.3, 0.4) is 0 Å². The number of halogens is 1. The molecular weight excluding hydrogens is 239 g/mol. The molecule has 88 valence electrons. The SMILES string of the molecule is O=C(NCCc1cncs1)c1ccc(F)cc1. The van der Waals surface area contributed by atoms with Gasteiger partial charge in [-0.05, 0) is 24.3 Å². The summed E-state index contributed by atoms with van der Waals surface area (Å²) in [5.41, 5.74) is 2.23. The number of hydrogen-bond acceptors (Lipinski definition) is 3. The third-order valence-corrected chi connectivity index (χ3v) is 3.09. The molecule has 1 aromatic heterocycles. The summed E-state index contributed by atoms with van der Waals surface area (Å²) in [6, 6.07) is 5.49. The molecule has 1 aromatic carbocycles. The van der Waals surface area contributed by atoms with Crippen molar-refractivity contribution in [2.75, 3.05) is 6.54 Å². The van der Waals surface area contributed by atoms with Crippen molar-refractivity contribution in [1.82, 2.24) is 10.3 Å². The summed E-state index contributed by atoms with van der Waals surface area (Å²) >= 11 is 1.56. The molecule has 3 nitrogen and oxygen atoms in total. The Morgan fingerprint density at radius 1 is 1.35 bits per heavy atom. The standard InChI is InChI=1S/C12H11FN2OS/c13-10-3-1-9(2-4-10)12(16)15-6-5-11-7-14-8-17-11/h1-4,7-8H,5-6H2,(H,15,16). The Bertz CT molecular complexity index is 482. The Morgan fingerprint density at radius 3 is 2.76 bits per heavy atom. The highest BCUT2D eigenvalue weighted by Crippen LogP contribution is 2.06. The van der Waals surface area contributed by atoms with Crippen molar-refractivity contribution in [2.45, 2.75) is 6.42 Å². The molecule has 0 aliphatic carbocycles. The molecular formula is C12H11FN2OS. The van der Waals surface area contributed by atoms with Crippen LogP contribution in [0.5, 0.6) is 0 Å². The first-order valence-corrected chi connectivity index (χ1v) is 6.05. The molecule has 1 N–H and O–H groups in total. The van der Waals surface area contributed by atoms with Crippen LogP contribution in [0.1, 0.15) is 15.2 Å². The maximum Gasteiger partial charge on any atom is 0.251 e. The highest BCUT2D eigenvalue weighted by atomic mass is 32.1. The van der Waals surface area contributed by atoms with Crippen LogP contribution in [-0.2, 0) is 6.42 Å². The van der Waals surface area contributed by atoms with Crippen LogP contribution in [-0.4, -0.2) is 17.4 Å². The van der Waals surface area contributed by atoms with Gasteiger partial charge in [0.1, 0.15) is 5.82 Å². The Kier molecular flexibility index (Phi) is 3.82. The minimum Gasteiger partial charge on any atom is -0.352 e. The second-order valence-corrected chi connectivity index (χ2v) is 4.45. The molecule has 0 unspecified atom stereocenters. The van der Waals surface area contributed by atoms with Crippen LogP contribution < -0.4 is 5.32 Å². The number of aromatic nitrogens is 1. The number of benzene rings is 1. The average Bonchev–Trinajstić information content (AvgIpc) is 2.83. The van der Waals surface area contributed by atoms with E-state index in [1.165, 1.54) is 24.3 Å². The van der Waals surface area contributed by atoms with E-state index in [1.807, 2.05) is 0 Å². The predicted molar refractivity (Wildman–Crippen MR) is 64.6 cm³/mol. The zero-order valence-corrected chi connectivity index (χ0v) is 9.84. The fourth-order valence-corrected chi connectivity index (χ4v) is 1.97. The maximum atomic E-state index is 12.7. The number of amides is 1. The maximum absolute atomic E-state index is 12.7. The summed E-state index contributed by atoms with van der Waals surface area (Å²) in [5, 5.41) is 2.77. The molecule has 0 radical (unpaired) electrons. The number of nitrogens with one attached hydrogen (secondary N) is 1. The molecule has 0 fully saturated rings. The number of carbonyl (C=O) groups is 1. The average molecular weight is 250 g/mol. The van der Waals surface area contributed by atoms with Crippen molar-refractivity contribution in [3.8, 4) is 0 Å². The van der Waals surface area contributed by atoms with Gasteiger partial charge in [-0.1, -0.05) is 0 Å². The molecule has 0 aliphatic heterocycles. The number of carbonyl (C=O) groups excluding carboxylic acids is 1. The molecule has 17 heavy (non-hydrogen) atoms. The van der Waals surface area contributed by atoms with Gasteiger partial charge in [0.2, 0.25) is 0 Å². The van der Waals surface area contributed by atoms with E-state index < -0.39 is 0 Å². The largest absolute Gasteiger partial charge is 0.352 e. The van der Waals surface area contributed by atoms with E-state index >= 15 is 0 Å². The Morgan fingerprint density at radius 2 is 2.12 bits per heavy atom. The van der Waals surface area contributed by atoms with Gasteiger partial charge in [-0.25, -0.2) is 4.39 Å². The van der Waals surface area contributed by atoms with Crippen LogP contribution in [0.4, 0.5) is 4.39 Å². The van der Waals surface area contributed by atoms with Crippen LogP contribution in [0, 0.1) is 5.82 Å². The Hall–Kier alpha value is -1.75. The molecule has 1 amide bonds. The van der Waals surface area contributed by atoms with Gasteiger partial charge in [0.05, 0.1) is 5.51 Å². The molecule has 0 spiro atoms. The molecule has 0 saturated carbocycles. The van der Waals surface area contributed by atoms with E-state index in [0.717, 1.165) is 11.3 Å². The van der Waals surface area contributed by atoms with Gasteiger partial charge in [0.25, 0.3) is 5.91 Å². The van der Waals surface area contributed by atoms with Crippen molar-refractivity contribution >= 4 is 17.2 Å². The van der Waals surface area contributed by atoms with Gasteiger partial charge < -0.3 is 5.32 Å². The van der Waals surface area contributed by atoms with E-state index in [2.05, 4.69) is 10.3 Å². The van der Waals surface area contributed by atoms with E-state index in [1.54, 1.807) is 23.0 Å². The van der Waals surface area contributed by atoms with E-state index in [-0.39, 0.29) is 11.7 Å². The summed E-state index contributed by atoms with van der Waals surface area (Å²) in [5.74, 6) is -0.527. The van der Waals surface area contributed by atoms with Crippen molar-refractivity contribution in [3.63, 3.8) is 0 Å². The predicted octanol–water partition coefficient (Wildman–Crippen LogP) is 2.25. The van der Waals surface area contributed by atoms with E-state index in [9.17, 15) is 9.18 Å². The first kappa shape index (κ1) is 11.7. The van der Waals surface area contributed by atoms with Gasteiger partial charge in [0, 0.05) is 29.6 Å². The first-order chi connectivity index (χ1) is 8.25. The molecule has 0 saturated heterocycles. The summed E-state index contributed by atoms with van der Waals surface area (Å²) < 4.78 is 12.7. The first-order valence-electron chi connectivity index (χ1n) is 5.17. The topological polar surface area (TPSA) is 42.0 Å². The molecule has 0 atom stereocenters. The van der Waals surface area contributed by atoms with Crippen molar-refractivity contribution in [2.24, 2.45) is 0 Å². The molecule has 1 heterocycles. The second kappa shape index (κ2) is 5.54. The summed E-state index contributed by atoms with van der Waals surface area (Å²) in [7, 11) is 0. The van der Waals surface area contributed by atoms with Crippen molar-refractivity contribution < 1.29 is 9.18 Å². The van der Waals surface area contributed by atoms with Crippen LogP contribution in [0.2, 0.25) is 0 Å². The highest BCUT2D eigenvalue weighted by Gasteiger charge is 2.04. The lowest BCUT2D eigenvalue weighted by Crippen LogP contribution is -2.25. The zero-order chi connectivity index (χ0) is 12.1. The number of thiazole rings is 1. The fourth-order valence-electron chi connectivity index (χ4n) is 1.37. The Labute approximate surface area is 102 Å². The molecule has 2 aromatic rings. The molecule has 2 rings (SSSR count). The van der Waals surface area contributed by atoms with Crippen molar-refractivity contribution in [1.29, 1.82) is 0 Å². The normalized spacial score (nSPS) is 10.2. The van der Waals surface area contributed by atoms with Crippen LogP contribution in [0.15, 0.2) is 36.0 Å². The summed E-state index contributed by atoms with van der Waals surface area (Å²) in [6.07, 6.45) is 2.55. The van der Waals surface area contributed by atoms with Crippen molar-refractivity contribution in [3.05, 3.63) is 52.2 Å². The molecule has 5 heteroatoms. The lowest BCUT2D eigenvalue weighted by Gasteiger charge is -2.03. The smallest absolute Gasteiger partial charge is 0.251 e. The molecule has 0 aliphatic rings. The number of nitrogens with zero attached hydrogens (tertiary/aromatic N) is 1. The van der Waals surface area contributed by atoms with Gasteiger partial charge in [-0.2, -0.15) is 0 Å². The minimum atomic E-state index is -0.341. The highest BCUT2D eigenvalue weighted by molar-refractivity contribution is 7.09. The summed E-state index contributed by atoms with van der Waals surface area (Å²) in [6.45, 7) is 0.554. The lowest BCUT2D eigenvalue weighted by atomic mass is 10.2. The van der Waals surface area contributed by atoms with Gasteiger partial charge in [-0.3, -0.25) is 9.78 Å². The number of rotatable bonds is 4. The lowest BCUT2D eigenvalue weighted by molar-refractivity contribution is 0.0954. The zero-order valence-electron chi connectivity index (χ0n) is 9.02. The minimum absolute atomic E-state index is 0.186. The second-order valence-electron chi connectivity index (χ2n) is 3.48.